The molecule has 5 nitrogen and oxygen atoms in total. The first kappa shape index (κ1) is 19.7. The summed E-state index contributed by atoms with van der Waals surface area (Å²) in [5.41, 5.74) is 1.85. The van der Waals surface area contributed by atoms with E-state index < -0.39 is 11.7 Å². The minimum atomic E-state index is -0.590. The Kier molecular flexibility index (Phi) is 5.54. The van der Waals surface area contributed by atoms with Crippen LogP contribution in [0.1, 0.15) is 39.0 Å². The molecule has 1 heterocycles. The molecule has 0 radical (unpaired) electrons. The van der Waals surface area contributed by atoms with E-state index in [4.69, 9.17) is 9.47 Å². The van der Waals surface area contributed by atoms with Crippen molar-refractivity contribution in [2.75, 3.05) is 0 Å². The van der Waals surface area contributed by atoms with Crippen molar-refractivity contribution in [3.63, 3.8) is 0 Å². The highest BCUT2D eigenvalue weighted by Crippen LogP contribution is 2.23. The number of hydrogen-bond donors (Lipinski definition) is 0. The number of carbonyl (C=O) groups excluding carboxylic acids is 2. The number of rotatable bonds is 5. The Hall–Kier alpha value is -3.08. The minimum Gasteiger partial charge on any atom is -0.487 e. The summed E-state index contributed by atoms with van der Waals surface area (Å²) in [6.07, 6.45) is -0.0169. The number of ketones is 1. The zero-order valence-electron chi connectivity index (χ0n) is 16.7. The van der Waals surface area contributed by atoms with Crippen molar-refractivity contribution in [1.29, 1.82) is 0 Å². The van der Waals surface area contributed by atoms with Crippen LogP contribution in [0.25, 0.3) is 10.9 Å². The normalized spacial score (nSPS) is 11.4. The summed E-state index contributed by atoms with van der Waals surface area (Å²) < 4.78 is 13.0. The molecule has 0 unspecified atom stereocenters. The zero-order chi connectivity index (χ0) is 20.3. The second-order valence-corrected chi connectivity index (χ2v) is 7.82. The van der Waals surface area contributed by atoms with Crippen LogP contribution in [0.5, 0.6) is 5.75 Å². The van der Waals surface area contributed by atoms with Crippen molar-refractivity contribution in [2.45, 2.75) is 46.3 Å². The second-order valence-electron chi connectivity index (χ2n) is 7.82. The average molecular weight is 379 g/mol. The Balaban J connectivity index is 1.83. The van der Waals surface area contributed by atoms with Crippen LogP contribution in [0.2, 0.25) is 0 Å². The van der Waals surface area contributed by atoms with Crippen molar-refractivity contribution >= 4 is 22.8 Å². The lowest BCUT2D eigenvalue weighted by Crippen LogP contribution is -2.28. The molecule has 28 heavy (non-hydrogen) atoms. The van der Waals surface area contributed by atoms with Crippen LogP contribution < -0.4 is 4.74 Å². The van der Waals surface area contributed by atoms with Gasteiger partial charge < -0.3 is 9.47 Å². The van der Waals surface area contributed by atoms with E-state index in [0.717, 1.165) is 16.5 Å². The van der Waals surface area contributed by atoms with Gasteiger partial charge in [0.05, 0.1) is 11.2 Å². The van der Waals surface area contributed by atoms with E-state index in [2.05, 4.69) is 0 Å². The lowest BCUT2D eigenvalue weighted by atomic mass is 10.1. The summed E-state index contributed by atoms with van der Waals surface area (Å²) in [5, 5.41) is 0.948. The van der Waals surface area contributed by atoms with Crippen molar-refractivity contribution in [3.05, 3.63) is 65.9 Å². The van der Waals surface area contributed by atoms with Gasteiger partial charge in [-0.05, 0) is 57.5 Å². The predicted octanol–water partition coefficient (Wildman–Crippen LogP) is 5.14. The highest BCUT2D eigenvalue weighted by Gasteiger charge is 2.22. The monoisotopic (exact) mass is 379 g/mol. The Morgan fingerprint density at radius 3 is 2.32 bits per heavy atom. The van der Waals surface area contributed by atoms with Crippen LogP contribution >= 0.6 is 0 Å². The number of aromatic nitrogens is 1. The molecule has 1 aromatic heterocycles. The standard InChI is InChI=1S/C23H25NO4/c1-16(25)13-17-9-11-20(12-10-17)27-15-19-14-18-7-5-6-8-21(18)24(19)22(26)28-23(2,3)4/h5-12,14H,13,15H2,1-4H3. The molecule has 0 spiro atoms. The van der Waals surface area contributed by atoms with E-state index in [1.54, 1.807) is 11.5 Å². The topological polar surface area (TPSA) is 57.5 Å². The molecule has 0 saturated carbocycles. The van der Waals surface area contributed by atoms with Gasteiger partial charge in [0.15, 0.2) is 0 Å². The van der Waals surface area contributed by atoms with Crippen LogP contribution in [0, 0.1) is 0 Å². The number of hydrogen-bond acceptors (Lipinski definition) is 4. The van der Waals surface area contributed by atoms with E-state index in [0.29, 0.717) is 17.9 Å². The molecule has 0 aliphatic carbocycles. The maximum Gasteiger partial charge on any atom is 0.419 e. The third-order valence-corrected chi connectivity index (χ3v) is 4.13. The summed E-state index contributed by atoms with van der Waals surface area (Å²) in [4.78, 5) is 24.0. The first-order chi connectivity index (χ1) is 13.2. The summed E-state index contributed by atoms with van der Waals surface area (Å²) >= 11 is 0. The molecule has 0 atom stereocenters. The smallest absolute Gasteiger partial charge is 0.419 e. The molecule has 0 amide bonds. The van der Waals surface area contributed by atoms with Crippen molar-refractivity contribution in [1.82, 2.24) is 4.57 Å². The van der Waals surface area contributed by atoms with Gasteiger partial charge in [-0.25, -0.2) is 9.36 Å². The second kappa shape index (κ2) is 7.89. The first-order valence-electron chi connectivity index (χ1n) is 9.27. The van der Waals surface area contributed by atoms with E-state index in [1.165, 1.54) is 0 Å². The Morgan fingerprint density at radius 1 is 1.00 bits per heavy atom. The lowest BCUT2D eigenvalue weighted by Gasteiger charge is -2.21. The molecular formula is C23H25NO4. The number of fused-ring (bicyclic) bond motifs is 1. The number of ether oxygens (including phenoxy) is 2. The van der Waals surface area contributed by atoms with Gasteiger partial charge in [-0.3, -0.25) is 4.79 Å². The van der Waals surface area contributed by atoms with E-state index in [9.17, 15) is 9.59 Å². The van der Waals surface area contributed by atoms with Crippen LogP contribution in [0.3, 0.4) is 0 Å². The Morgan fingerprint density at radius 2 is 1.68 bits per heavy atom. The highest BCUT2D eigenvalue weighted by molar-refractivity contribution is 5.91. The molecule has 2 aromatic carbocycles. The molecular weight excluding hydrogens is 354 g/mol. The number of para-hydroxylation sites is 1. The number of benzene rings is 2. The molecule has 5 heteroatoms. The molecule has 0 aliphatic rings. The predicted molar refractivity (Wildman–Crippen MR) is 109 cm³/mol. The highest BCUT2D eigenvalue weighted by atomic mass is 16.6. The van der Waals surface area contributed by atoms with E-state index >= 15 is 0 Å². The molecule has 3 rings (SSSR count). The SMILES string of the molecule is CC(=O)Cc1ccc(OCc2cc3ccccc3n2C(=O)OC(C)(C)C)cc1. The molecule has 0 aliphatic heterocycles. The van der Waals surface area contributed by atoms with Crippen LogP contribution in [0.4, 0.5) is 4.79 Å². The number of Topliss-reactive ketones (excluding diaryl/α,β-unsaturated/α-hetero) is 1. The van der Waals surface area contributed by atoms with E-state index in [-0.39, 0.29) is 12.4 Å². The van der Waals surface area contributed by atoms with Gasteiger partial charge in [-0.15, -0.1) is 0 Å². The van der Waals surface area contributed by atoms with Gasteiger partial charge in [-0.2, -0.15) is 0 Å². The largest absolute Gasteiger partial charge is 0.487 e. The van der Waals surface area contributed by atoms with Crippen LogP contribution in [-0.2, 0) is 22.6 Å². The quantitative estimate of drug-likeness (QED) is 0.616. The minimum absolute atomic E-state index is 0.121. The first-order valence-corrected chi connectivity index (χ1v) is 9.27. The average Bonchev–Trinajstić information content (AvgIpc) is 2.97. The lowest BCUT2D eigenvalue weighted by molar-refractivity contribution is -0.116. The molecule has 146 valence electrons. The van der Waals surface area contributed by atoms with Crippen molar-refractivity contribution in [2.24, 2.45) is 0 Å². The summed E-state index contributed by atoms with van der Waals surface area (Å²) in [6.45, 7) is 7.32. The molecule has 0 fully saturated rings. The van der Waals surface area contributed by atoms with Crippen molar-refractivity contribution in [3.8, 4) is 5.75 Å². The molecule has 0 saturated heterocycles. The van der Waals surface area contributed by atoms with E-state index in [1.807, 2.05) is 75.4 Å². The molecule has 0 N–H and O–H groups in total. The Bertz CT molecular complexity index is 994. The van der Waals surface area contributed by atoms with Gasteiger partial charge in [0, 0.05) is 11.8 Å². The molecule has 3 aromatic rings. The summed E-state index contributed by atoms with van der Waals surface area (Å²) in [6, 6.07) is 17.0. The fourth-order valence-electron chi connectivity index (χ4n) is 2.99. The van der Waals surface area contributed by atoms with Gasteiger partial charge >= 0.3 is 6.09 Å². The van der Waals surface area contributed by atoms with Gasteiger partial charge in [0.25, 0.3) is 0 Å². The third-order valence-electron chi connectivity index (χ3n) is 4.13. The summed E-state index contributed by atoms with van der Waals surface area (Å²) in [5.74, 6) is 0.795. The maximum absolute atomic E-state index is 12.8. The number of nitrogens with zero attached hydrogens (tertiary/aromatic N) is 1. The van der Waals surface area contributed by atoms with Crippen LogP contribution in [-0.4, -0.2) is 22.0 Å². The van der Waals surface area contributed by atoms with Gasteiger partial charge in [0.2, 0.25) is 0 Å². The fraction of sp³-hybridized carbons (Fsp3) is 0.304. The van der Waals surface area contributed by atoms with Gasteiger partial charge in [-0.1, -0.05) is 30.3 Å². The maximum atomic E-state index is 12.8. The van der Waals surface area contributed by atoms with Crippen LogP contribution in [0.15, 0.2) is 54.6 Å². The zero-order valence-corrected chi connectivity index (χ0v) is 16.7. The number of carbonyl (C=O) groups is 2. The molecule has 0 bridgehead atoms. The van der Waals surface area contributed by atoms with Gasteiger partial charge in [0.1, 0.15) is 23.7 Å². The third kappa shape index (κ3) is 4.80. The summed E-state index contributed by atoms with van der Waals surface area (Å²) in [7, 11) is 0. The fourth-order valence-corrected chi connectivity index (χ4v) is 2.99. The van der Waals surface area contributed by atoms with Crippen molar-refractivity contribution < 1.29 is 19.1 Å². The Labute approximate surface area is 164 Å².